The topological polar surface area (TPSA) is 63.7 Å². The standard InChI is InChI=1S/C20H25N3O3S/c1-4-6-14-7-8-16(17(11-14)25-3)26-13-19(24)22-20-21-15-9-10-23(5-2)12-18(15)27-20/h4,6-8,11H,5,9-10,12-13H2,1-3H3,(H,21,22,24). The highest BCUT2D eigenvalue weighted by Gasteiger charge is 2.20. The molecule has 6 nitrogen and oxygen atoms in total. The van der Waals surface area contributed by atoms with Crippen LogP contribution in [0.4, 0.5) is 5.13 Å². The van der Waals surface area contributed by atoms with Crippen molar-refractivity contribution in [2.45, 2.75) is 26.8 Å². The zero-order chi connectivity index (χ0) is 19.2. The number of benzene rings is 1. The lowest BCUT2D eigenvalue weighted by Crippen LogP contribution is -2.29. The minimum atomic E-state index is -0.229. The number of nitrogens with zero attached hydrogens (tertiary/aromatic N) is 2. The Labute approximate surface area is 163 Å². The Morgan fingerprint density at radius 1 is 1.41 bits per heavy atom. The molecular formula is C20H25N3O3S. The van der Waals surface area contributed by atoms with Crippen molar-refractivity contribution in [2.24, 2.45) is 0 Å². The molecule has 1 aliphatic heterocycles. The van der Waals surface area contributed by atoms with Gasteiger partial charge in [0, 0.05) is 24.4 Å². The van der Waals surface area contributed by atoms with E-state index >= 15 is 0 Å². The Morgan fingerprint density at radius 3 is 3.00 bits per heavy atom. The summed E-state index contributed by atoms with van der Waals surface area (Å²) in [5.74, 6) is 0.911. The number of fused-ring (bicyclic) bond motifs is 1. The maximum atomic E-state index is 12.3. The summed E-state index contributed by atoms with van der Waals surface area (Å²) in [4.78, 5) is 20.4. The molecule has 0 spiro atoms. The van der Waals surface area contributed by atoms with Crippen LogP contribution in [-0.2, 0) is 17.8 Å². The van der Waals surface area contributed by atoms with Crippen LogP contribution in [0.15, 0.2) is 24.3 Å². The van der Waals surface area contributed by atoms with Crippen LogP contribution < -0.4 is 14.8 Å². The van der Waals surface area contributed by atoms with Crippen molar-refractivity contribution in [3.63, 3.8) is 0 Å². The van der Waals surface area contributed by atoms with Crippen molar-refractivity contribution in [3.05, 3.63) is 40.4 Å². The molecule has 27 heavy (non-hydrogen) atoms. The van der Waals surface area contributed by atoms with E-state index in [1.54, 1.807) is 18.4 Å². The van der Waals surface area contributed by atoms with Crippen LogP contribution in [0.25, 0.3) is 6.08 Å². The van der Waals surface area contributed by atoms with Crippen LogP contribution in [0, 0.1) is 0 Å². The number of carbonyl (C=O) groups is 1. The van der Waals surface area contributed by atoms with Crippen LogP contribution >= 0.6 is 11.3 Å². The van der Waals surface area contributed by atoms with E-state index in [0.717, 1.165) is 37.3 Å². The largest absolute Gasteiger partial charge is 0.493 e. The lowest BCUT2D eigenvalue weighted by molar-refractivity contribution is -0.118. The average Bonchev–Trinajstić information content (AvgIpc) is 3.08. The molecule has 1 aromatic carbocycles. The van der Waals surface area contributed by atoms with Gasteiger partial charge in [-0.2, -0.15) is 0 Å². The number of likely N-dealkylation sites (N-methyl/N-ethyl adjacent to an activating group) is 1. The first-order chi connectivity index (χ1) is 13.1. The molecule has 0 aliphatic carbocycles. The van der Waals surface area contributed by atoms with Gasteiger partial charge in [-0.3, -0.25) is 15.0 Å². The zero-order valence-electron chi connectivity index (χ0n) is 15.9. The van der Waals surface area contributed by atoms with Gasteiger partial charge in [0.05, 0.1) is 12.8 Å². The number of hydrogen-bond donors (Lipinski definition) is 1. The quantitative estimate of drug-likeness (QED) is 0.787. The molecule has 1 aromatic heterocycles. The highest BCUT2D eigenvalue weighted by Crippen LogP contribution is 2.30. The molecule has 0 radical (unpaired) electrons. The van der Waals surface area contributed by atoms with Crippen molar-refractivity contribution in [3.8, 4) is 11.5 Å². The van der Waals surface area contributed by atoms with Gasteiger partial charge in [0.25, 0.3) is 5.91 Å². The molecule has 0 unspecified atom stereocenters. The van der Waals surface area contributed by atoms with E-state index in [0.29, 0.717) is 16.6 Å². The number of allylic oxidation sites excluding steroid dienone is 1. The van der Waals surface area contributed by atoms with E-state index in [9.17, 15) is 4.79 Å². The smallest absolute Gasteiger partial charge is 0.264 e. The highest BCUT2D eigenvalue weighted by molar-refractivity contribution is 7.15. The van der Waals surface area contributed by atoms with Crippen molar-refractivity contribution < 1.29 is 14.3 Å². The second kappa shape index (κ2) is 9.01. The second-order valence-corrected chi connectivity index (χ2v) is 7.34. The number of ether oxygens (including phenoxy) is 2. The minimum absolute atomic E-state index is 0.0926. The molecule has 0 saturated carbocycles. The first-order valence-electron chi connectivity index (χ1n) is 9.07. The van der Waals surface area contributed by atoms with Gasteiger partial charge in [0.2, 0.25) is 0 Å². The molecule has 0 fully saturated rings. The monoisotopic (exact) mass is 387 g/mol. The van der Waals surface area contributed by atoms with Crippen LogP contribution in [0.5, 0.6) is 11.5 Å². The van der Waals surface area contributed by atoms with E-state index in [4.69, 9.17) is 9.47 Å². The Hall–Kier alpha value is -2.38. The lowest BCUT2D eigenvalue weighted by Gasteiger charge is -2.23. The average molecular weight is 388 g/mol. The Balaban J connectivity index is 1.58. The Bertz CT molecular complexity index is 832. The molecule has 2 aromatic rings. The third-order valence-electron chi connectivity index (χ3n) is 4.41. The fourth-order valence-corrected chi connectivity index (χ4v) is 4.04. The molecular weight excluding hydrogens is 362 g/mol. The van der Waals surface area contributed by atoms with Gasteiger partial charge in [0.15, 0.2) is 23.2 Å². The minimum Gasteiger partial charge on any atom is -0.493 e. The fourth-order valence-electron chi connectivity index (χ4n) is 2.97. The predicted molar refractivity (Wildman–Crippen MR) is 109 cm³/mol. The maximum Gasteiger partial charge on any atom is 0.264 e. The van der Waals surface area contributed by atoms with Gasteiger partial charge in [-0.05, 0) is 31.2 Å². The normalized spacial score (nSPS) is 14.2. The van der Waals surface area contributed by atoms with Gasteiger partial charge in [-0.25, -0.2) is 4.98 Å². The maximum absolute atomic E-state index is 12.3. The van der Waals surface area contributed by atoms with E-state index in [2.05, 4.69) is 22.1 Å². The first-order valence-corrected chi connectivity index (χ1v) is 9.89. The summed E-state index contributed by atoms with van der Waals surface area (Å²) in [6.07, 6.45) is 4.86. The SMILES string of the molecule is CC=Cc1ccc(OCC(=O)Nc2nc3c(s2)CN(CC)CC3)c(OC)c1. The van der Waals surface area contributed by atoms with Gasteiger partial charge in [0.1, 0.15) is 0 Å². The molecule has 3 rings (SSSR count). The number of thiazole rings is 1. The van der Waals surface area contributed by atoms with E-state index < -0.39 is 0 Å². The van der Waals surface area contributed by atoms with Crippen molar-refractivity contribution in [2.75, 3.05) is 32.1 Å². The molecule has 1 aliphatic rings. The zero-order valence-corrected chi connectivity index (χ0v) is 16.8. The van der Waals surface area contributed by atoms with Gasteiger partial charge >= 0.3 is 0 Å². The molecule has 7 heteroatoms. The van der Waals surface area contributed by atoms with Crippen molar-refractivity contribution in [1.82, 2.24) is 9.88 Å². The first kappa shape index (κ1) is 19.4. The third-order valence-corrected chi connectivity index (χ3v) is 5.41. The van der Waals surface area contributed by atoms with E-state index in [1.165, 1.54) is 4.88 Å². The van der Waals surface area contributed by atoms with E-state index in [1.807, 2.05) is 37.3 Å². The summed E-state index contributed by atoms with van der Waals surface area (Å²) in [6.45, 7) is 6.98. The van der Waals surface area contributed by atoms with Gasteiger partial charge in [-0.15, -0.1) is 11.3 Å². The lowest BCUT2D eigenvalue weighted by atomic mass is 10.2. The summed E-state index contributed by atoms with van der Waals surface area (Å²) in [5.41, 5.74) is 2.11. The van der Waals surface area contributed by atoms with Gasteiger partial charge < -0.3 is 9.47 Å². The third kappa shape index (κ3) is 4.87. The number of rotatable bonds is 7. The highest BCUT2D eigenvalue weighted by atomic mass is 32.1. The molecule has 2 heterocycles. The molecule has 144 valence electrons. The number of amides is 1. The Kier molecular flexibility index (Phi) is 6.47. The number of hydrogen-bond acceptors (Lipinski definition) is 6. The molecule has 0 atom stereocenters. The summed E-state index contributed by atoms with van der Waals surface area (Å²) in [6, 6.07) is 5.61. The summed E-state index contributed by atoms with van der Waals surface area (Å²) in [5, 5.41) is 3.49. The molecule has 0 bridgehead atoms. The number of carbonyl (C=O) groups excluding carboxylic acids is 1. The van der Waals surface area contributed by atoms with Crippen LogP contribution in [0.3, 0.4) is 0 Å². The van der Waals surface area contributed by atoms with Gasteiger partial charge in [-0.1, -0.05) is 25.1 Å². The Morgan fingerprint density at radius 2 is 2.26 bits per heavy atom. The number of nitrogens with one attached hydrogen (secondary N) is 1. The van der Waals surface area contributed by atoms with Crippen LogP contribution in [-0.4, -0.2) is 42.6 Å². The number of aromatic nitrogens is 1. The summed E-state index contributed by atoms with van der Waals surface area (Å²) in [7, 11) is 1.58. The molecule has 1 amide bonds. The molecule has 0 saturated heterocycles. The molecule has 1 N–H and O–H groups in total. The predicted octanol–water partition coefficient (Wildman–Crippen LogP) is 3.58. The number of methoxy groups -OCH3 is 1. The summed E-state index contributed by atoms with van der Waals surface area (Å²) >= 11 is 1.55. The van der Waals surface area contributed by atoms with E-state index in [-0.39, 0.29) is 12.5 Å². The van der Waals surface area contributed by atoms with Crippen molar-refractivity contribution in [1.29, 1.82) is 0 Å². The number of anilines is 1. The summed E-state index contributed by atoms with van der Waals surface area (Å²) < 4.78 is 11.0. The van der Waals surface area contributed by atoms with Crippen LogP contribution in [0.2, 0.25) is 0 Å². The van der Waals surface area contributed by atoms with Crippen molar-refractivity contribution >= 4 is 28.5 Å². The second-order valence-electron chi connectivity index (χ2n) is 6.25. The van der Waals surface area contributed by atoms with Crippen LogP contribution in [0.1, 0.15) is 30.0 Å². The fraction of sp³-hybridized carbons (Fsp3) is 0.400.